The second-order valence-electron chi connectivity index (χ2n) is 4.16. The summed E-state index contributed by atoms with van der Waals surface area (Å²) >= 11 is 1.15. The molecule has 4 nitrogen and oxygen atoms in total. The van der Waals surface area contributed by atoms with Crippen LogP contribution in [0.25, 0.3) is 0 Å². The first kappa shape index (κ1) is 12.6. The number of thiazole rings is 1. The second-order valence-corrected chi connectivity index (χ2v) is 5.16. The Bertz CT molecular complexity index is 605. The molecular weight excluding hydrogens is 248 g/mol. The molecule has 18 heavy (non-hydrogen) atoms. The van der Waals surface area contributed by atoms with Crippen LogP contribution in [0.4, 0.5) is 10.8 Å². The zero-order valence-electron chi connectivity index (χ0n) is 10.4. The Balaban J connectivity index is 2.26. The Morgan fingerprint density at radius 1 is 1.28 bits per heavy atom. The number of carbonyl (C=O) groups is 1. The van der Waals surface area contributed by atoms with Crippen LogP contribution in [0.1, 0.15) is 26.5 Å². The largest absolute Gasteiger partial charge is 0.477 e. The lowest BCUT2D eigenvalue weighted by Gasteiger charge is -2.05. The van der Waals surface area contributed by atoms with Gasteiger partial charge in [0.25, 0.3) is 0 Å². The Hall–Kier alpha value is -1.88. The summed E-state index contributed by atoms with van der Waals surface area (Å²) in [5.74, 6) is -0.932. The summed E-state index contributed by atoms with van der Waals surface area (Å²) < 4.78 is 0. The van der Waals surface area contributed by atoms with Crippen LogP contribution >= 0.6 is 11.3 Å². The molecule has 1 heterocycles. The van der Waals surface area contributed by atoms with Gasteiger partial charge in [-0.05, 0) is 44.0 Å². The lowest BCUT2D eigenvalue weighted by atomic mass is 10.1. The predicted molar refractivity (Wildman–Crippen MR) is 73.0 cm³/mol. The van der Waals surface area contributed by atoms with Crippen molar-refractivity contribution in [3.05, 3.63) is 39.9 Å². The summed E-state index contributed by atoms with van der Waals surface area (Å²) in [6.07, 6.45) is 0. The molecule has 2 aromatic rings. The van der Waals surface area contributed by atoms with Gasteiger partial charge in [0.15, 0.2) is 5.13 Å². The van der Waals surface area contributed by atoms with Crippen LogP contribution in [0, 0.1) is 20.8 Å². The van der Waals surface area contributed by atoms with Crippen molar-refractivity contribution < 1.29 is 9.90 Å². The fraction of sp³-hybridized carbons (Fsp3) is 0.231. The van der Waals surface area contributed by atoms with E-state index in [-0.39, 0.29) is 4.88 Å². The smallest absolute Gasteiger partial charge is 0.347 e. The monoisotopic (exact) mass is 262 g/mol. The van der Waals surface area contributed by atoms with Crippen LogP contribution < -0.4 is 5.32 Å². The molecule has 0 atom stereocenters. The van der Waals surface area contributed by atoms with Gasteiger partial charge in [-0.15, -0.1) is 0 Å². The molecule has 1 aromatic heterocycles. The first-order chi connectivity index (χ1) is 8.47. The van der Waals surface area contributed by atoms with Gasteiger partial charge >= 0.3 is 5.97 Å². The molecule has 0 aliphatic carbocycles. The number of hydrogen-bond donors (Lipinski definition) is 2. The highest BCUT2D eigenvalue weighted by Crippen LogP contribution is 2.26. The molecule has 0 fully saturated rings. The summed E-state index contributed by atoms with van der Waals surface area (Å²) in [4.78, 5) is 15.4. The van der Waals surface area contributed by atoms with Crippen LogP contribution in [0.2, 0.25) is 0 Å². The zero-order valence-corrected chi connectivity index (χ0v) is 11.3. The van der Waals surface area contributed by atoms with Crippen molar-refractivity contribution in [2.75, 3.05) is 5.32 Å². The lowest BCUT2D eigenvalue weighted by molar-refractivity contribution is 0.0701. The molecule has 0 unspecified atom stereocenters. The van der Waals surface area contributed by atoms with E-state index in [4.69, 9.17) is 5.11 Å². The van der Waals surface area contributed by atoms with Crippen LogP contribution in [0.3, 0.4) is 0 Å². The molecular formula is C13H14N2O2S. The van der Waals surface area contributed by atoms with E-state index in [1.807, 2.05) is 25.1 Å². The number of aromatic nitrogens is 1. The van der Waals surface area contributed by atoms with Gasteiger partial charge in [0.2, 0.25) is 0 Å². The lowest BCUT2D eigenvalue weighted by Crippen LogP contribution is -1.94. The first-order valence-corrected chi connectivity index (χ1v) is 6.34. The van der Waals surface area contributed by atoms with E-state index in [1.54, 1.807) is 6.92 Å². The zero-order chi connectivity index (χ0) is 13.3. The number of aromatic carboxylic acids is 1. The van der Waals surface area contributed by atoms with Gasteiger partial charge in [0, 0.05) is 5.69 Å². The third-order valence-electron chi connectivity index (χ3n) is 2.75. The molecule has 0 aliphatic rings. The SMILES string of the molecule is Cc1ccc(Nc2nc(C)c(C(=O)O)s2)cc1C. The third-order valence-corrected chi connectivity index (χ3v) is 3.81. The molecule has 2 N–H and O–H groups in total. The van der Waals surface area contributed by atoms with Crippen molar-refractivity contribution in [2.24, 2.45) is 0 Å². The summed E-state index contributed by atoms with van der Waals surface area (Å²) in [6, 6.07) is 6.00. The highest BCUT2D eigenvalue weighted by Gasteiger charge is 2.13. The van der Waals surface area contributed by atoms with Gasteiger partial charge in [0.1, 0.15) is 4.88 Å². The van der Waals surface area contributed by atoms with Crippen molar-refractivity contribution in [1.29, 1.82) is 0 Å². The Morgan fingerprint density at radius 3 is 2.56 bits per heavy atom. The fourth-order valence-electron chi connectivity index (χ4n) is 1.59. The number of benzene rings is 1. The number of aryl methyl sites for hydroxylation is 3. The first-order valence-electron chi connectivity index (χ1n) is 5.52. The molecule has 2 rings (SSSR count). The third kappa shape index (κ3) is 2.51. The standard InChI is InChI=1S/C13H14N2O2S/c1-7-4-5-10(6-8(7)2)15-13-14-9(3)11(18-13)12(16)17/h4-6H,1-3H3,(H,14,15)(H,16,17). The average molecular weight is 262 g/mol. The molecule has 0 aliphatic heterocycles. The molecule has 0 radical (unpaired) electrons. The predicted octanol–water partition coefficient (Wildman–Crippen LogP) is 3.51. The van der Waals surface area contributed by atoms with Crippen LogP contribution in [0.15, 0.2) is 18.2 Å². The van der Waals surface area contributed by atoms with Crippen LogP contribution in [0.5, 0.6) is 0 Å². The number of nitrogens with zero attached hydrogens (tertiary/aromatic N) is 1. The van der Waals surface area contributed by atoms with E-state index in [2.05, 4.69) is 17.2 Å². The number of rotatable bonds is 3. The number of carboxylic acid groups (broad SMARTS) is 1. The molecule has 0 saturated heterocycles. The summed E-state index contributed by atoms with van der Waals surface area (Å²) in [5.41, 5.74) is 3.87. The molecule has 0 saturated carbocycles. The highest BCUT2D eigenvalue weighted by molar-refractivity contribution is 7.17. The minimum absolute atomic E-state index is 0.279. The Kier molecular flexibility index (Phi) is 3.34. The van der Waals surface area contributed by atoms with E-state index in [0.717, 1.165) is 17.0 Å². The van der Waals surface area contributed by atoms with Gasteiger partial charge in [0.05, 0.1) is 5.69 Å². The van der Waals surface area contributed by atoms with Gasteiger partial charge in [-0.3, -0.25) is 0 Å². The minimum atomic E-state index is -0.932. The van der Waals surface area contributed by atoms with E-state index < -0.39 is 5.97 Å². The topological polar surface area (TPSA) is 62.2 Å². The van der Waals surface area contributed by atoms with E-state index in [1.165, 1.54) is 11.1 Å². The number of anilines is 2. The number of hydrogen-bond acceptors (Lipinski definition) is 4. The summed E-state index contributed by atoms with van der Waals surface area (Å²) in [6.45, 7) is 5.79. The highest BCUT2D eigenvalue weighted by atomic mass is 32.1. The van der Waals surface area contributed by atoms with Crippen LogP contribution in [-0.4, -0.2) is 16.1 Å². The minimum Gasteiger partial charge on any atom is -0.477 e. The molecule has 0 amide bonds. The maximum atomic E-state index is 10.9. The second kappa shape index (κ2) is 4.78. The number of nitrogens with one attached hydrogen (secondary N) is 1. The van der Waals surface area contributed by atoms with Crippen molar-refractivity contribution >= 4 is 28.1 Å². The van der Waals surface area contributed by atoms with Gasteiger partial charge < -0.3 is 10.4 Å². The fourth-order valence-corrected chi connectivity index (χ4v) is 2.42. The molecule has 94 valence electrons. The van der Waals surface area contributed by atoms with Crippen molar-refractivity contribution in [1.82, 2.24) is 4.98 Å². The Labute approximate surface area is 109 Å². The summed E-state index contributed by atoms with van der Waals surface area (Å²) in [7, 11) is 0. The average Bonchev–Trinajstić information content (AvgIpc) is 2.65. The van der Waals surface area contributed by atoms with Gasteiger partial charge in [-0.2, -0.15) is 0 Å². The maximum absolute atomic E-state index is 10.9. The Morgan fingerprint density at radius 2 is 2.00 bits per heavy atom. The normalized spacial score (nSPS) is 10.4. The molecule has 1 aromatic carbocycles. The van der Waals surface area contributed by atoms with Crippen molar-refractivity contribution in [3.8, 4) is 0 Å². The molecule has 5 heteroatoms. The quantitative estimate of drug-likeness (QED) is 0.888. The van der Waals surface area contributed by atoms with Crippen molar-refractivity contribution in [2.45, 2.75) is 20.8 Å². The number of carboxylic acids is 1. The maximum Gasteiger partial charge on any atom is 0.347 e. The van der Waals surface area contributed by atoms with Crippen LogP contribution in [-0.2, 0) is 0 Å². The summed E-state index contributed by atoms with van der Waals surface area (Å²) in [5, 5.41) is 12.7. The molecule has 0 spiro atoms. The van der Waals surface area contributed by atoms with Crippen molar-refractivity contribution in [3.63, 3.8) is 0 Å². The molecule has 0 bridgehead atoms. The van der Waals surface area contributed by atoms with E-state index >= 15 is 0 Å². The van der Waals surface area contributed by atoms with E-state index in [0.29, 0.717) is 10.8 Å². The van der Waals surface area contributed by atoms with Gasteiger partial charge in [-0.25, -0.2) is 9.78 Å². The van der Waals surface area contributed by atoms with E-state index in [9.17, 15) is 4.79 Å². The van der Waals surface area contributed by atoms with Gasteiger partial charge in [-0.1, -0.05) is 17.4 Å².